The van der Waals surface area contributed by atoms with E-state index in [1.54, 1.807) is 0 Å². The lowest BCUT2D eigenvalue weighted by molar-refractivity contribution is 0.0730. The highest BCUT2D eigenvalue weighted by molar-refractivity contribution is 6.30. The van der Waals surface area contributed by atoms with E-state index in [9.17, 15) is 4.79 Å². The third-order valence-corrected chi connectivity index (χ3v) is 4.56. The molecule has 4 heteroatoms. The van der Waals surface area contributed by atoms with Crippen molar-refractivity contribution in [1.82, 2.24) is 4.90 Å². The minimum absolute atomic E-state index is 0.0653. The molecule has 0 spiro atoms. The van der Waals surface area contributed by atoms with Crippen LogP contribution in [0.15, 0.2) is 65.1 Å². The van der Waals surface area contributed by atoms with Crippen LogP contribution in [0.4, 0.5) is 0 Å². The van der Waals surface area contributed by atoms with Crippen molar-refractivity contribution in [1.29, 1.82) is 0 Å². The third kappa shape index (κ3) is 2.83. The van der Waals surface area contributed by atoms with E-state index >= 15 is 0 Å². The predicted octanol–water partition coefficient (Wildman–Crippen LogP) is 4.80. The average molecular weight is 338 g/mol. The first-order valence-electron chi connectivity index (χ1n) is 7.92. The molecule has 4 rings (SSSR count). The van der Waals surface area contributed by atoms with Gasteiger partial charge in [0, 0.05) is 41.2 Å². The fourth-order valence-electron chi connectivity index (χ4n) is 3.03. The summed E-state index contributed by atoms with van der Waals surface area (Å²) in [5, 5.41) is 0.703. The van der Waals surface area contributed by atoms with E-state index in [0.29, 0.717) is 18.1 Å². The average Bonchev–Trinajstić information content (AvgIpc) is 3.05. The van der Waals surface area contributed by atoms with Crippen LogP contribution in [0, 0.1) is 0 Å². The molecule has 120 valence electrons. The lowest BCUT2D eigenvalue weighted by Gasteiger charge is -2.26. The summed E-state index contributed by atoms with van der Waals surface area (Å²) < 4.78 is 5.98. The summed E-state index contributed by atoms with van der Waals surface area (Å²) in [5.74, 6) is 1.86. The van der Waals surface area contributed by atoms with Gasteiger partial charge in [0.2, 0.25) is 0 Å². The molecule has 24 heavy (non-hydrogen) atoms. The zero-order valence-electron chi connectivity index (χ0n) is 13.0. The Morgan fingerprint density at radius 2 is 1.79 bits per heavy atom. The number of hydrogen-bond acceptors (Lipinski definition) is 2. The van der Waals surface area contributed by atoms with Crippen LogP contribution in [0.25, 0.3) is 11.3 Å². The van der Waals surface area contributed by atoms with E-state index in [1.807, 2.05) is 65.6 Å². The second-order valence-electron chi connectivity index (χ2n) is 5.91. The first-order valence-corrected chi connectivity index (χ1v) is 8.30. The highest BCUT2D eigenvalue weighted by Crippen LogP contribution is 2.30. The van der Waals surface area contributed by atoms with Crippen molar-refractivity contribution >= 4 is 17.5 Å². The van der Waals surface area contributed by atoms with Crippen LogP contribution in [-0.2, 0) is 13.0 Å². The smallest absolute Gasteiger partial charge is 0.254 e. The van der Waals surface area contributed by atoms with Gasteiger partial charge in [0.15, 0.2) is 0 Å². The zero-order valence-corrected chi connectivity index (χ0v) is 13.8. The van der Waals surface area contributed by atoms with Crippen LogP contribution in [0.2, 0.25) is 5.02 Å². The number of furan rings is 1. The van der Waals surface area contributed by atoms with Gasteiger partial charge in [0.25, 0.3) is 5.91 Å². The van der Waals surface area contributed by atoms with Gasteiger partial charge in [-0.3, -0.25) is 4.79 Å². The summed E-state index contributed by atoms with van der Waals surface area (Å²) in [5.41, 5.74) is 2.80. The highest BCUT2D eigenvalue weighted by Gasteiger charge is 2.25. The van der Waals surface area contributed by atoms with Gasteiger partial charge < -0.3 is 9.32 Å². The molecule has 0 unspecified atom stereocenters. The number of nitrogens with zero attached hydrogens (tertiary/aromatic N) is 1. The molecule has 3 nitrogen and oxygen atoms in total. The Labute approximate surface area is 145 Å². The van der Waals surface area contributed by atoms with Crippen molar-refractivity contribution in [2.75, 3.05) is 6.54 Å². The Balaban J connectivity index is 1.57. The first kappa shape index (κ1) is 15.0. The van der Waals surface area contributed by atoms with Crippen LogP contribution < -0.4 is 0 Å². The summed E-state index contributed by atoms with van der Waals surface area (Å²) in [6, 6.07) is 19.0. The van der Waals surface area contributed by atoms with Crippen molar-refractivity contribution in [3.8, 4) is 11.3 Å². The van der Waals surface area contributed by atoms with Gasteiger partial charge in [0.05, 0.1) is 0 Å². The van der Waals surface area contributed by atoms with Crippen molar-refractivity contribution in [3.63, 3.8) is 0 Å². The summed E-state index contributed by atoms with van der Waals surface area (Å²) in [7, 11) is 0. The first-order chi connectivity index (χ1) is 11.7. The number of halogens is 1. The molecule has 0 atom stereocenters. The van der Waals surface area contributed by atoms with E-state index in [1.165, 1.54) is 0 Å². The molecule has 0 N–H and O–H groups in total. The molecule has 0 aliphatic carbocycles. The molecule has 1 aliphatic rings. The van der Waals surface area contributed by atoms with E-state index in [4.69, 9.17) is 16.0 Å². The molecule has 0 radical (unpaired) electrons. The predicted molar refractivity (Wildman–Crippen MR) is 94.0 cm³/mol. The molecule has 2 aromatic carbocycles. The maximum Gasteiger partial charge on any atom is 0.254 e. The Bertz CT molecular complexity index is 868. The number of fused-ring (bicyclic) bond motifs is 1. The molecule has 1 aromatic heterocycles. The van der Waals surface area contributed by atoms with Crippen LogP contribution in [0.5, 0.6) is 0 Å². The third-order valence-electron chi connectivity index (χ3n) is 4.30. The van der Waals surface area contributed by atoms with E-state index in [-0.39, 0.29) is 5.91 Å². The van der Waals surface area contributed by atoms with Gasteiger partial charge in [-0.2, -0.15) is 0 Å². The summed E-state index contributed by atoms with van der Waals surface area (Å²) in [6.07, 6.45) is 0.738. The van der Waals surface area contributed by atoms with Gasteiger partial charge in [-0.25, -0.2) is 0 Å². The number of carbonyl (C=O) groups excluding carboxylic acids is 1. The maximum absolute atomic E-state index is 12.6. The number of benzene rings is 2. The summed E-state index contributed by atoms with van der Waals surface area (Å²) in [4.78, 5) is 14.5. The Hall–Kier alpha value is -2.52. The standard InChI is InChI=1S/C20H16ClNO2/c21-17-8-6-14(7-9-17)19-12-16-13-22(11-10-18(16)24-19)20(23)15-4-2-1-3-5-15/h1-9,12H,10-11,13H2. The lowest BCUT2D eigenvalue weighted by Crippen LogP contribution is -2.35. The SMILES string of the molecule is O=C(c1ccccc1)N1CCc2oc(-c3ccc(Cl)cc3)cc2C1. The molecular weight excluding hydrogens is 322 g/mol. The normalized spacial score (nSPS) is 13.6. The molecule has 0 saturated carbocycles. The molecule has 0 fully saturated rings. The molecule has 1 aliphatic heterocycles. The minimum atomic E-state index is 0.0653. The van der Waals surface area contributed by atoms with Gasteiger partial charge in [-0.05, 0) is 42.5 Å². The minimum Gasteiger partial charge on any atom is -0.461 e. The molecular formula is C20H16ClNO2. The topological polar surface area (TPSA) is 33.5 Å². The van der Waals surface area contributed by atoms with E-state index in [2.05, 4.69) is 0 Å². The van der Waals surface area contributed by atoms with Crippen LogP contribution in [0.1, 0.15) is 21.7 Å². The van der Waals surface area contributed by atoms with Gasteiger partial charge in [-0.15, -0.1) is 0 Å². The summed E-state index contributed by atoms with van der Waals surface area (Å²) in [6.45, 7) is 1.26. The van der Waals surface area contributed by atoms with Crippen LogP contribution in [0.3, 0.4) is 0 Å². The second kappa shape index (κ2) is 6.17. The van der Waals surface area contributed by atoms with Crippen molar-refractivity contribution in [3.05, 3.63) is 82.6 Å². The fraction of sp³-hybridized carbons (Fsp3) is 0.150. The number of carbonyl (C=O) groups is 1. The maximum atomic E-state index is 12.6. The van der Waals surface area contributed by atoms with Gasteiger partial charge in [-0.1, -0.05) is 29.8 Å². The quantitative estimate of drug-likeness (QED) is 0.673. The largest absolute Gasteiger partial charge is 0.461 e. The van der Waals surface area contributed by atoms with Crippen LogP contribution in [-0.4, -0.2) is 17.4 Å². The second-order valence-corrected chi connectivity index (χ2v) is 6.35. The highest BCUT2D eigenvalue weighted by atomic mass is 35.5. The number of amides is 1. The molecule has 1 amide bonds. The number of rotatable bonds is 2. The lowest BCUT2D eigenvalue weighted by atomic mass is 10.1. The fourth-order valence-corrected chi connectivity index (χ4v) is 3.15. The monoisotopic (exact) mass is 337 g/mol. The Morgan fingerprint density at radius 3 is 2.54 bits per heavy atom. The van der Waals surface area contributed by atoms with E-state index in [0.717, 1.165) is 34.6 Å². The van der Waals surface area contributed by atoms with Crippen molar-refractivity contribution in [2.24, 2.45) is 0 Å². The molecule has 0 saturated heterocycles. The van der Waals surface area contributed by atoms with Crippen molar-refractivity contribution < 1.29 is 9.21 Å². The molecule has 0 bridgehead atoms. The number of hydrogen-bond donors (Lipinski definition) is 0. The summed E-state index contributed by atoms with van der Waals surface area (Å²) >= 11 is 5.94. The van der Waals surface area contributed by atoms with Gasteiger partial charge in [0.1, 0.15) is 11.5 Å². The van der Waals surface area contributed by atoms with Crippen LogP contribution >= 0.6 is 11.6 Å². The van der Waals surface area contributed by atoms with Gasteiger partial charge >= 0.3 is 0 Å². The Morgan fingerprint density at radius 1 is 1.04 bits per heavy atom. The Kier molecular flexibility index (Phi) is 3.87. The molecule has 2 heterocycles. The van der Waals surface area contributed by atoms with Crippen molar-refractivity contribution in [2.45, 2.75) is 13.0 Å². The zero-order chi connectivity index (χ0) is 16.5. The van der Waals surface area contributed by atoms with E-state index < -0.39 is 0 Å². The molecule has 3 aromatic rings.